The van der Waals surface area contributed by atoms with E-state index in [0.717, 1.165) is 29.9 Å². The van der Waals surface area contributed by atoms with Gasteiger partial charge in [0.1, 0.15) is 0 Å². The Morgan fingerprint density at radius 3 is 2.80 bits per heavy atom. The minimum atomic E-state index is 0.847. The van der Waals surface area contributed by atoms with Gasteiger partial charge in [-0.15, -0.1) is 0 Å². The van der Waals surface area contributed by atoms with Crippen molar-refractivity contribution >= 4 is 11.4 Å². The maximum absolute atomic E-state index is 4.50. The molecule has 0 saturated carbocycles. The van der Waals surface area contributed by atoms with Gasteiger partial charge in [-0.3, -0.25) is 4.99 Å². The first-order valence-electron chi connectivity index (χ1n) is 5.27. The Morgan fingerprint density at radius 2 is 2.20 bits per heavy atom. The Morgan fingerprint density at radius 1 is 1.47 bits per heavy atom. The summed E-state index contributed by atoms with van der Waals surface area (Å²) in [6, 6.07) is 8.12. The van der Waals surface area contributed by atoms with Crippen molar-refractivity contribution in [2.75, 3.05) is 18.9 Å². The van der Waals surface area contributed by atoms with Crippen LogP contribution < -0.4 is 5.32 Å². The fraction of sp³-hybridized carbons (Fsp3) is 0.308. The van der Waals surface area contributed by atoms with Gasteiger partial charge in [0.15, 0.2) is 0 Å². The monoisotopic (exact) mass is 202 g/mol. The number of benzene rings is 1. The second kappa shape index (κ2) is 6.02. The SMILES string of the molecule is C=CC(=NCCC)c1ccccc1NC. The molecular formula is C13H18N2. The predicted octanol–water partition coefficient (Wildman–Crippen LogP) is 3.11. The highest BCUT2D eigenvalue weighted by Gasteiger charge is 2.03. The lowest BCUT2D eigenvalue weighted by molar-refractivity contribution is 0.934. The van der Waals surface area contributed by atoms with E-state index in [2.05, 4.69) is 29.9 Å². The normalized spacial score (nSPS) is 11.2. The van der Waals surface area contributed by atoms with Crippen molar-refractivity contribution in [1.82, 2.24) is 0 Å². The minimum Gasteiger partial charge on any atom is -0.388 e. The summed E-state index contributed by atoms with van der Waals surface area (Å²) in [5, 5.41) is 3.16. The van der Waals surface area contributed by atoms with E-state index in [4.69, 9.17) is 0 Å². The smallest absolute Gasteiger partial charge is 0.0661 e. The van der Waals surface area contributed by atoms with Crippen molar-refractivity contribution in [2.45, 2.75) is 13.3 Å². The molecule has 0 atom stereocenters. The van der Waals surface area contributed by atoms with Crippen molar-refractivity contribution in [1.29, 1.82) is 0 Å². The maximum atomic E-state index is 4.50. The van der Waals surface area contributed by atoms with Gasteiger partial charge in [-0.1, -0.05) is 31.7 Å². The number of hydrogen-bond donors (Lipinski definition) is 1. The molecule has 0 spiro atoms. The highest BCUT2D eigenvalue weighted by atomic mass is 14.8. The molecule has 1 rings (SSSR count). The Balaban J connectivity index is 3.06. The van der Waals surface area contributed by atoms with E-state index in [1.807, 2.05) is 31.3 Å². The maximum Gasteiger partial charge on any atom is 0.0661 e. The van der Waals surface area contributed by atoms with Crippen LogP contribution in [-0.4, -0.2) is 19.3 Å². The standard InChI is InChI=1S/C13H18N2/c1-4-10-15-12(5-2)11-8-6-7-9-13(11)14-3/h5-9,14H,2,4,10H2,1,3H3. The van der Waals surface area contributed by atoms with E-state index in [-0.39, 0.29) is 0 Å². The number of nitrogens with zero attached hydrogens (tertiary/aromatic N) is 1. The third-order valence-electron chi connectivity index (χ3n) is 2.17. The first-order valence-corrected chi connectivity index (χ1v) is 5.27. The lowest BCUT2D eigenvalue weighted by Gasteiger charge is -2.08. The van der Waals surface area contributed by atoms with E-state index >= 15 is 0 Å². The quantitative estimate of drug-likeness (QED) is 0.729. The highest BCUT2D eigenvalue weighted by Crippen LogP contribution is 2.15. The van der Waals surface area contributed by atoms with E-state index < -0.39 is 0 Å². The summed E-state index contributed by atoms with van der Waals surface area (Å²) in [7, 11) is 1.92. The molecule has 1 aromatic rings. The van der Waals surface area contributed by atoms with Gasteiger partial charge < -0.3 is 5.32 Å². The van der Waals surface area contributed by atoms with Crippen LogP contribution in [0.3, 0.4) is 0 Å². The van der Waals surface area contributed by atoms with Crippen molar-refractivity contribution in [3.63, 3.8) is 0 Å². The molecule has 2 nitrogen and oxygen atoms in total. The second-order valence-electron chi connectivity index (χ2n) is 3.27. The topological polar surface area (TPSA) is 24.4 Å². The van der Waals surface area contributed by atoms with Crippen LogP contribution in [0.5, 0.6) is 0 Å². The molecular weight excluding hydrogens is 184 g/mol. The van der Waals surface area contributed by atoms with Gasteiger partial charge in [0, 0.05) is 24.8 Å². The average molecular weight is 202 g/mol. The molecule has 0 aliphatic carbocycles. The summed E-state index contributed by atoms with van der Waals surface area (Å²) in [4.78, 5) is 4.50. The average Bonchev–Trinajstić information content (AvgIpc) is 2.30. The van der Waals surface area contributed by atoms with Crippen molar-refractivity contribution in [3.05, 3.63) is 42.5 Å². The molecule has 0 bridgehead atoms. The van der Waals surface area contributed by atoms with Crippen LogP contribution in [0.25, 0.3) is 0 Å². The minimum absolute atomic E-state index is 0.847. The Kier molecular flexibility index (Phi) is 4.61. The number of aliphatic imine (C=N–C) groups is 1. The number of para-hydroxylation sites is 1. The molecule has 0 fully saturated rings. The lowest BCUT2D eigenvalue weighted by Crippen LogP contribution is -2.03. The van der Waals surface area contributed by atoms with Gasteiger partial charge in [-0.05, 0) is 18.6 Å². The molecule has 0 unspecified atom stereocenters. The number of rotatable bonds is 5. The zero-order chi connectivity index (χ0) is 11.1. The highest BCUT2D eigenvalue weighted by molar-refractivity contribution is 6.11. The third-order valence-corrected chi connectivity index (χ3v) is 2.17. The van der Waals surface area contributed by atoms with E-state index in [9.17, 15) is 0 Å². The van der Waals surface area contributed by atoms with Crippen molar-refractivity contribution < 1.29 is 0 Å². The molecule has 0 aromatic heterocycles. The molecule has 0 saturated heterocycles. The summed E-state index contributed by atoms with van der Waals surface area (Å²) in [6.07, 6.45) is 2.87. The predicted molar refractivity (Wildman–Crippen MR) is 67.9 cm³/mol. The van der Waals surface area contributed by atoms with Gasteiger partial charge in [0.25, 0.3) is 0 Å². The zero-order valence-corrected chi connectivity index (χ0v) is 9.46. The summed E-state index contributed by atoms with van der Waals surface area (Å²) in [5.74, 6) is 0. The molecule has 80 valence electrons. The van der Waals surface area contributed by atoms with Crippen LogP contribution in [0, 0.1) is 0 Å². The summed E-state index contributed by atoms with van der Waals surface area (Å²) < 4.78 is 0. The van der Waals surface area contributed by atoms with Crippen molar-refractivity contribution in [3.8, 4) is 0 Å². The third kappa shape index (κ3) is 2.94. The van der Waals surface area contributed by atoms with Crippen LogP contribution in [0.1, 0.15) is 18.9 Å². The summed E-state index contributed by atoms with van der Waals surface area (Å²) in [5.41, 5.74) is 3.16. The molecule has 0 amide bonds. The first kappa shape index (κ1) is 11.5. The van der Waals surface area contributed by atoms with Crippen LogP contribution in [-0.2, 0) is 0 Å². The van der Waals surface area contributed by atoms with Gasteiger partial charge in [-0.2, -0.15) is 0 Å². The lowest BCUT2D eigenvalue weighted by atomic mass is 10.1. The number of allylic oxidation sites excluding steroid dienone is 1. The van der Waals surface area contributed by atoms with Crippen LogP contribution in [0.4, 0.5) is 5.69 Å². The van der Waals surface area contributed by atoms with Crippen LogP contribution in [0.15, 0.2) is 41.9 Å². The van der Waals surface area contributed by atoms with Gasteiger partial charge in [0.05, 0.1) is 5.71 Å². The zero-order valence-electron chi connectivity index (χ0n) is 9.46. The van der Waals surface area contributed by atoms with Gasteiger partial charge in [-0.25, -0.2) is 0 Å². The Bertz CT molecular complexity index is 353. The first-order chi connectivity index (χ1) is 7.33. The van der Waals surface area contributed by atoms with Crippen LogP contribution in [0.2, 0.25) is 0 Å². The van der Waals surface area contributed by atoms with E-state index in [1.165, 1.54) is 0 Å². The largest absolute Gasteiger partial charge is 0.388 e. The molecule has 0 heterocycles. The molecule has 0 aliphatic rings. The molecule has 2 heteroatoms. The van der Waals surface area contributed by atoms with Crippen LogP contribution >= 0.6 is 0 Å². The Labute approximate surface area is 91.7 Å². The molecule has 0 aliphatic heterocycles. The van der Waals surface area contributed by atoms with Gasteiger partial charge in [0.2, 0.25) is 0 Å². The molecule has 1 N–H and O–H groups in total. The summed E-state index contributed by atoms with van der Waals surface area (Å²) in [6.45, 7) is 6.77. The van der Waals surface area contributed by atoms with Gasteiger partial charge >= 0.3 is 0 Å². The summed E-state index contributed by atoms with van der Waals surface area (Å²) >= 11 is 0. The molecule has 1 aromatic carbocycles. The number of nitrogens with one attached hydrogen (secondary N) is 1. The van der Waals surface area contributed by atoms with E-state index in [1.54, 1.807) is 0 Å². The fourth-order valence-electron chi connectivity index (χ4n) is 1.42. The number of anilines is 1. The molecule has 0 radical (unpaired) electrons. The number of hydrogen-bond acceptors (Lipinski definition) is 2. The Hall–Kier alpha value is -1.57. The second-order valence-corrected chi connectivity index (χ2v) is 3.27. The fourth-order valence-corrected chi connectivity index (χ4v) is 1.42. The molecule has 15 heavy (non-hydrogen) atoms. The van der Waals surface area contributed by atoms with Crippen molar-refractivity contribution in [2.24, 2.45) is 4.99 Å². The van der Waals surface area contributed by atoms with E-state index in [0.29, 0.717) is 0 Å².